The van der Waals surface area contributed by atoms with E-state index in [1.165, 1.54) is 21.9 Å². The molecule has 4 aromatic carbocycles. The Balaban J connectivity index is 1.48. The zero-order valence-corrected chi connectivity index (χ0v) is 17.3. The highest BCUT2D eigenvalue weighted by Crippen LogP contribution is 2.27. The van der Waals surface area contributed by atoms with Crippen LogP contribution in [-0.2, 0) is 6.61 Å². The third-order valence-electron chi connectivity index (χ3n) is 5.07. The van der Waals surface area contributed by atoms with Crippen LogP contribution in [-0.4, -0.2) is 6.21 Å². The molecule has 0 saturated heterocycles. The Morgan fingerprint density at radius 3 is 2.52 bits per heavy atom. The fourth-order valence-corrected chi connectivity index (χ4v) is 3.49. The fraction of sp³-hybridized carbons (Fsp3) is 0.115. The molecule has 0 aliphatic heterocycles. The van der Waals surface area contributed by atoms with Gasteiger partial charge in [-0.05, 0) is 77.2 Å². The Hall–Kier alpha value is -3.10. The molecule has 0 fully saturated rings. The van der Waals surface area contributed by atoms with Gasteiger partial charge in [0.1, 0.15) is 12.4 Å². The van der Waals surface area contributed by atoms with Crippen LogP contribution in [0.1, 0.15) is 22.3 Å². The third kappa shape index (κ3) is 4.49. The van der Waals surface area contributed by atoms with Crippen LogP contribution >= 0.6 is 11.6 Å². The quantitative estimate of drug-likeness (QED) is 0.319. The highest BCUT2D eigenvalue weighted by Gasteiger charge is 2.05. The third-order valence-corrected chi connectivity index (χ3v) is 5.37. The molecular formula is C26H22ClNO. The Bertz CT molecular complexity index is 1190. The maximum absolute atomic E-state index is 6.45. The van der Waals surface area contributed by atoms with E-state index in [1.807, 2.05) is 42.6 Å². The smallest absolute Gasteiger partial charge is 0.138 e. The number of benzene rings is 4. The standard InChI is InChI=1S/C26H22ClNO/c1-18-10-12-23(14-19(18)2)28-16-20-11-13-26(25(27)15-20)29-17-22-8-5-7-21-6-3-4-9-24(21)22/h3-16H,17H2,1-2H3. The molecule has 3 heteroatoms. The van der Waals surface area contributed by atoms with Crippen molar-refractivity contribution in [2.24, 2.45) is 4.99 Å². The minimum absolute atomic E-state index is 0.469. The molecule has 0 unspecified atom stereocenters. The van der Waals surface area contributed by atoms with Gasteiger partial charge in [0.25, 0.3) is 0 Å². The molecule has 0 N–H and O–H groups in total. The summed E-state index contributed by atoms with van der Waals surface area (Å²) >= 11 is 6.45. The van der Waals surface area contributed by atoms with Gasteiger partial charge in [-0.1, -0.05) is 60.1 Å². The van der Waals surface area contributed by atoms with E-state index in [-0.39, 0.29) is 0 Å². The van der Waals surface area contributed by atoms with Crippen LogP contribution in [0.5, 0.6) is 5.75 Å². The molecule has 0 bridgehead atoms. The molecule has 0 aliphatic carbocycles. The van der Waals surface area contributed by atoms with Crippen molar-refractivity contribution in [2.45, 2.75) is 20.5 Å². The average molecular weight is 400 g/mol. The van der Waals surface area contributed by atoms with Gasteiger partial charge in [-0.2, -0.15) is 0 Å². The SMILES string of the molecule is Cc1ccc(N=Cc2ccc(OCc3cccc4ccccc34)c(Cl)c2)cc1C. The van der Waals surface area contributed by atoms with Gasteiger partial charge in [0, 0.05) is 6.21 Å². The summed E-state index contributed by atoms with van der Waals surface area (Å²) in [6.07, 6.45) is 1.82. The molecule has 4 rings (SSSR count). The number of aryl methyl sites for hydroxylation is 2. The van der Waals surface area contributed by atoms with Gasteiger partial charge >= 0.3 is 0 Å². The first-order chi connectivity index (χ1) is 14.1. The summed E-state index contributed by atoms with van der Waals surface area (Å²) in [4.78, 5) is 4.55. The summed E-state index contributed by atoms with van der Waals surface area (Å²) in [6, 6.07) is 26.5. The molecule has 0 radical (unpaired) electrons. The second-order valence-corrected chi connectivity index (χ2v) is 7.55. The van der Waals surface area contributed by atoms with Crippen LogP contribution in [0.25, 0.3) is 10.8 Å². The minimum Gasteiger partial charge on any atom is -0.487 e. The van der Waals surface area contributed by atoms with Gasteiger partial charge in [0.2, 0.25) is 0 Å². The van der Waals surface area contributed by atoms with Gasteiger partial charge in [-0.3, -0.25) is 4.99 Å². The monoisotopic (exact) mass is 399 g/mol. The number of ether oxygens (including phenoxy) is 1. The minimum atomic E-state index is 0.469. The summed E-state index contributed by atoms with van der Waals surface area (Å²) < 4.78 is 6.00. The van der Waals surface area contributed by atoms with E-state index < -0.39 is 0 Å². The Labute approximate surface area is 176 Å². The van der Waals surface area contributed by atoms with Crippen LogP contribution in [0.15, 0.2) is 83.9 Å². The maximum Gasteiger partial charge on any atom is 0.138 e. The van der Waals surface area contributed by atoms with Gasteiger partial charge in [0.05, 0.1) is 10.7 Å². The first-order valence-corrected chi connectivity index (χ1v) is 9.98. The highest BCUT2D eigenvalue weighted by atomic mass is 35.5. The molecule has 0 aromatic heterocycles. The highest BCUT2D eigenvalue weighted by molar-refractivity contribution is 6.32. The van der Waals surface area contributed by atoms with Crippen LogP contribution in [0.3, 0.4) is 0 Å². The average Bonchev–Trinajstić information content (AvgIpc) is 2.74. The van der Waals surface area contributed by atoms with E-state index >= 15 is 0 Å². The van der Waals surface area contributed by atoms with E-state index in [4.69, 9.17) is 16.3 Å². The summed E-state index contributed by atoms with van der Waals surface area (Å²) in [5, 5.41) is 2.98. The summed E-state index contributed by atoms with van der Waals surface area (Å²) in [5.74, 6) is 0.669. The predicted octanol–water partition coefficient (Wildman–Crippen LogP) is 7.44. The molecule has 144 valence electrons. The molecule has 0 saturated carbocycles. The molecular weight excluding hydrogens is 378 g/mol. The van der Waals surface area contributed by atoms with E-state index in [0.717, 1.165) is 16.8 Å². The van der Waals surface area contributed by atoms with Crippen molar-refractivity contribution in [3.8, 4) is 5.75 Å². The van der Waals surface area contributed by atoms with Crippen LogP contribution in [0.4, 0.5) is 5.69 Å². The normalized spacial score (nSPS) is 11.3. The van der Waals surface area contributed by atoms with Crippen molar-refractivity contribution in [3.05, 3.63) is 106 Å². The first kappa shape index (κ1) is 19.2. The second kappa shape index (κ2) is 8.50. The Morgan fingerprint density at radius 1 is 0.862 bits per heavy atom. The fourth-order valence-electron chi connectivity index (χ4n) is 3.24. The van der Waals surface area contributed by atoms with Gasteiger partial charge in [0.15, 0.2) is 0 Å². The lowest BCUT2D eigenvalue weighted by Gasteiger charge is -2.11. The number of fused-ring (bicyclic) bond motifs is 1. The summed E-state index contributed by atoms with van der Waals surface area (Å²) in [6.45, 7) is 4.66. The largest absolute Gasteiger partial charge is 0.487 e. The van der Waals surface area contributed by atoms with E-state index in [2.05, 4.69) is 61.3 Å². The van der Waals surface area contributed by atoms with Crippen molar-refractivity contribution in [3.63, 3.8) is 0 Å². The lowest BCUT2D eigenvalue weighted by atomic mass is 10.1. The van der Waals surface area contributed by atoms with Crippen LogP contribution in [0, 0.1) is 13.8 Å². The number of hydrogen-bond donors (Lipinski definition) is 0. The molecule has 29 heavy (non-hydrogen) atoms. The van der Waals surface area contributed by atoms with Gasteiger partial charge in [-0.25, -0.2) is 0 Å². The Kier molecular flexibility index (Phi) is 5.64. The second-order valence-electron chi connectivity index (χ2n) is 7.14. The van der Waals surface area contributed by atoms with E-state index in [9.17, 15) is 0 Å². The number of aliphatic imine (C=N–C) groups is 1. The molecule has 0 spiro atoms. The Morgan fingerprint density at radius 2 is 1.69 bits per heavy atom. The van der Waals surface area contributed by atoms with Gasteiger partial charge in [-0.15, -0.1) is 0 Å². The van der Waals surface area contributed by atoms with Gasteiger partial charge < -0.3 is 4.74 Å². The lowest BCUT2D eigenvalue weighted by molar-refractivity contribution is 0.308. The molecule has 4 aromatic rings. The topological polar surface area (TPSA) is 21.6 Å². The summed E-state index contributed by atoms with van der Waals surface area (Å²) in [5.41, 5.74) is 5.50. The van der Waals surface area contributed by atoms with Crippen molar-refractivity contribution in [1.82, 2.24) is 0 Å². The lowest BCUT2D eigenvalue weighted by Crippen LogP contribution is -1.97. The number of rotatable bonds is 5. The molecule has 0 heterocycles. The first-order valence-electron chi connectivity index (χ1n) is 9.60. The predicted molar refractivity (Wildman–Crippen MR) is 123 cm³/mol. The molecule has 0 aliphatic rings. The summed E-state index contributed by atoms with van der Waals surface area (Å²) in [7, 11) is 0. The van der Waals surface area contributed by atoms with E-state index in [0.29, 0.717) is 17.4 Å². The molecule has 0 atom stereocenters. The van der Waals surface area contributed by atoms with Crippen LogP contribution in [0.2, 0.25) is 5.02 Å². The van der Waals surface area contributed by atoms with Crippen molar-refractivity contribution >= 4 is 34.3 Å². The number of halogens is 1. The zero-order valence-electron chi connectivity index (χ0n) is 16.5. The number of nitrogens with zero attached hydrogens (tertiary/aromatic N) is 1. The van der Waals surface area contributed by atoms with Crippen molar-refractivity contribution in [2.75, 3.05) is 0 Å². The zero-order chi connectivity index (χ0) is 20.2. The van der Waals surface area contributed by atoms with Crippen molar-refractivity contribution in [1.29, 1.82) is 0 Å². The van der Waals surface area contributed by atoms with Crippen molar-refractivity contribution < 1.29 is 4.74 Å². The molecule has 0 amide bonds. The molecule has 2 nitrogen and oxygen atoms in total. The van der Waals surface area contributed by atoms with Crippen LogP contribution < -0.4 is 4.74 Å². The van der Waals surface area contributed by atoms with E-state index in [1.54, 1.807) is 0 Å². The maximum atomic E-state index is 6.45. The number of hydrogen-bond acceptors (Lipinski definition) is 2.